The maximum atomic E-state index is 4.60. The molecule has 2 heterocycles. The average Bonchev–Trinajstić information content (AvgIpc) is 2.59. The molecule has 0 unspecified atom stereocenters. The van der Waals surface area contributed by atoms with Gasteiger partial charge in [0, 0.05) is 23.4 Å². The molecule has 0 amide bonds. The predicted molar refractivity (Wildman–Crippen MR) is 64.0 cm³/mol. The standard InChI is InChI=1S/C13H18N2/c1-8(2)11-6-5-10-7-12(9(3)4)15-13(10)14-11/h5-6,8-9H,7H2,1-4H3. The minimum atomic E-state index is 0.480. The summed E-state index contributed by atoms with van der Waals surface area (Å²) in [5.74, 6) is 1.96. The van der Waals surface area contributed by atoms with Crippen molar-refractivity contribution in [1.29, 1.82) is 0 Å². The molecule has 80 valence electrons. The summed E-state index contributed by atoms with van der Waals surface area (Å²) in [4.78, 5) is 9.20. The third kappa shape index (κ3) is 1.94. The van der Waals surface area contributed by atoms with Crippen LogP contribution in [0.5, 0.6) is 0 Å². The quantitative estimate of drug-likeness (QED) is 0.720. The fourth-order valence-corrected chi connectivity index (χ4v) is 1.75. The van der Waals surface area contributed by atoms with Gasteiger partial charge in [0.1, 0.15) is 0 Å². The van der Waals surface area contributed by atoms with Crippen LogP contribution in [0.4, 0.5) is 5.82 Å². The molecule has 0 spiro atoms. The van der Waals surface area contributed by atoms with E-state index < -0.39 is 0 Å². The molecule has 0 N–H and O–H groups in total. The van der Waals surface area contributed by atoms with Crippen molar-refractivity contribution < 1.29 is 0 Å². The molecule has 0 aliphatic carbocycles. The van der Waals surface area contributed by atoms with Crippen molar-refractivity contribution >= 4 is 11.5 Å². The van der Waals surface area contributed by atoms with Crippen LogP contribution in [0.25, 0.3) is 0 Å². The lowest BCUT2D eigenvalue weighted by atomic mass is 10.0. The molecule has 2 heteroatoms. The maximum Gasteiger partial charge on any atom is 0.155 e. The Balaban J connectivity index is 2.34. The van der Waals surface area contributed by atoms with E-state index in [2.05, 4.69) is 49.8 Å². The fraction of sp³-hybridized carbons (Fsp3) is 0.538. The van der Waals surface area contributed by atoms with Crippen LogP contribution in [0.2, 0.25) is 0 Å². The molecule has 2 nitrogen and oxygen atoms in total. The summed E-state index contributed by atoms with van der Waals surface area (Å²) in [5.41, 5.74) is 3.68. The molecule has 1 aliphatic rings. The maximum absolute atomic E-state index is 4.60. The molecular weight excluding hydrogens is 184 g/mol. The molecule has 0 aromatic carbocycles. The predicted octanol–water partition coefficient (Wildman–Crippen LogP) is 3.49. The molecule has 1 aromatic rings. The Morgan fingerprint density at radius 1 is 1.07 bits per heavy atom. The van der Waals surface area contributed by atoms with Gasteiger partial charge in [-0.3, -0.25) is 0 Å². The van der Waals surface area contributed by atoms with E-state index in [1.54, 1.807) is 0 Å². The van der Waals surface area contributed by atoms with Gasteiger partial charge >= 0.3 is 0 Å². The van der Waals surface area contributed by atoms with Gasteiger partial charge in [-0.05, 0) is 17.9 Å². The lowest BCUT2D eigenvalue weighted by Gasteiger charge is -2.05. The van der Waals surface area contributed by atoms with Crippen molar-refractivity contribution in [1.82, 2.24) is 4.98 Å². The Kier molecular flexibility index (Phi) is 2.59. The smallest absolute Gasteiger partial charge is 0.155 e. The van der Waals surface area contributed by atoms with Gasteiger partial charge in [-0.15, -0.1) is 0 Å². The zero-order valence-corrected chi connectivity index (χ0v) is 9.91. The Hall–Kier alpha value is -1.18. The number of aromatic nitrogens is 1. The van der Waals surface area contributed by atoms with E-state index in [-0.39, 0.29) is 0 Å². The number of fused-ring (bicyclic) bond motifs is 1. The van der Waals surface area contributed by atoms with E-state index in [4.69, 9.17) is 0 Å². The number of hydrogen-bond donors (Lipinski definition) is 0. The van der Waals surface area contributed by atoms with Crippen LogP contribution in [-0.4, -0.2) is 10.7 Å². The summed E-state index contributed by atoms with van der Waals surface area (Å²) in [6.07, 6.45) is 0.984. The molecular formula is C13H18N2. The van der Waals surface area contributed by atoms with Crippen LogP contribution in [0.3, 0.4) is 0 Å². The van der Waals surface area contributed by atoms with Gasteiger partial charge in [-0.2, -0.15) is 0 Å². The Bertz CT molecular complexity index is 403. The zero-order valence-electron chi connectivity index (χ0n) is 9.91. The molecule has 0 fully saturated rings. The van der Waals surface area contributed by atoms with Crippen LogP contribution < -0.4 is 0 Å². The van der Waals surface area contributed by atoms with Crippen molar-refractivity contribution in [3.8, 4) is 0 Å². The highest BCUT2D eigenvalue weighted by Crippen LogP contribution is 2.28. The van der Waals surface area contributed by atoms with Gasteiger partial charge in [-0.1, -0.05) is 33.8 Å². The molecule has 0 saturated heterocycles. The van der Waals surface area contributed by atoms with Gasteiger partial charge in [-0.25, -0.2) is 9.98 Å². The normalized spacial score (nSPS) is 14.7. The lowest BCUT2D eigenvalue weighted by molar-refractivity contribution is 0.822. The van der Waals surface area contributed by atoms with Crippen LogP contribution in [0.1, 0.15) is 44.9 Å². The van der Waals surface area contributed by atoms with Gasteiger partial charge in [0.05, 0.1) is 0 Å². The zero-order chi connectivity index (χ0) is 11.0. The first-order chi connectivity index (χ1) is 7.08. The summed E-state index contributed by atoms with van der Waals surface area (Å²) in [6, 6.07) is 4.30. The van der Waals surface area contributed by atoms with Gasteiger partial charge in [0.25, 0.3) is 0 Å². The van der Waals surface area contributed by atoms with Crippen LogP contribution in [0, 0.1) is 5.92 Å². The first-order valence-electron chi connectivity index (χ1n) is 5.65. The first-order valence-corrected chi connectivity index (χ1v) is 5.65. The average molecular weight is 202 g/mol. The Labute approximate surface area is 91.5 Å². The second-order valence-corrected chi connectivity index (χ2v) is 4.81. The van der Waals surface area contributed by atoms with Crippen molar-refractivity contribution in [2.24, 2.45) is 10.9 Å². The largest absolute Gasteiger partial charge is 0.237 e. The topological polar surface area (TPSA) is 25.2 Å². The van der Waals surface area contributed by atoms with Crippen LogP contribution in [0.15, 0.2) is 17.1 Å². The highest BCUT2D eigenvalue weighted by Gasteiger charge is 2.18. The highest BCUT2D eigenvalue weighted by molar-refractivity contribution is 5.94. The SMILES string of the molecule is CC(C)C1=Nc2nc(C(C)C)ccc2C1. The molecule has 1 aliphatic heterocycles. The van der Waals surface area contributed by atoms with Crippen molar-refractivity contribution in [3.05, 3.63) is 23.4 Å². The molecule has 2 rings (SSSR count). The summed E-state index contributed by atoms with van der Waals surface area (Å²) in [6.45, 7) is 8.70. The van der Waals surface area contributed by atoms with Crippen LogP contribution in [-0.2, 0) is 6.42 Å². The summed E-state index contributed by atoms with van der Waals surface area (Å²) >= 11 is 0. The van der Waals surface area contributed by atoms with E-state index >= 15 is 0 Å². The summed E-state index contributed by atoms with van der Waals surface area (Å²) in [5, 5.41) is 0. The van der Waals surface area contributed by atoms with Gasteiger partial charge < -0.3 is 0 Å². The van der Waals surface area contributed by atoms with E-state index in [1.807, 2.05) is 0 Å². The van der Waals surface area contributed by atoms with Gasteiger partial charge in [0.15, 0.2) is 5.82 Å². The second-order valence-electron chi connectivity index (χ2n) is 4.81. The number of aliphatic imine (C=N–C) groups is 1. The van der Waals surface area contributed by atoms with Crippen molar-refractivity contribution in [2.75, 3.05) is 0 Å². The molecule has 0 atom stereocenters. The Morgan fingerprint density at radius 2 is 1.80 bits per heavy atom. The molecule has 0 saturated carbocycles. The summed E-state index contributed by atoms with van der Waals surface area (Å²) < 4.78 is 0. The highest BCUT2D eigenvalue weighted by atomic mass is 14.9. The monoisotopic (exact) mass is 202 g/mol. The second kappa shape index (κ2) is 3.76. The molecule has 0 bridgehead atoms. The van der Waals surface area contributed by atoms with Crippen LogP contribution >= 0.6 is 0 Å². The number of rotatable bonds is 2. The van der Waals surface area contributed by atoms with E-state index in [9.17, 15) is 0 Å². The van der Waals surface area contributed by atoms with Gasteiger partial charge in [0.2, 0.25) is 0 Å². The molecule has 0 radical (unpaired) electrons. The number of hydrogen-bond acceptors (Lipinski definition) is 2. The third-order valence-electron chi connectivity index (χ3n) is 2.86. The van der Waals surface area contributed by atoms with E-state index in [1.165, 1.54) is 11.3 Å². The molecule has 15 heavy (non-hydrogen) atoms. The molecule has 1 aromatic heterocycles. The third-order valence-corrected chi connectivity index (χ3v) is 2.86. The lowest BCUT2D eigenvalue weighted by Crippen LogP contribution is -2.06. The summed E-state index contributed by atoms with van der Waals surface area (Å²) in [7, 11) is 0. The number of pyridine rings is 1. The Morgan fingerprint density at radius 3 is 2.40 bits per heavy atom. The van der Waals surface area contributed by atoms with E-state index in [0.29, 0.717) is 11.8 Å². The minimum absolute atomic E-state index is 0.480. The van der Waals surface area contributed by atoms with Crippen molar-refractivity contribution in [3.63, 3.8) is 0 Å². The van der Waals surface area contributed by atoms with E-state index in [0.717, 1.165) is 17.9 Å². The van der Waals surface area contributed by atoms with Crippen molar-refractivity contribution in [2.45, 2.75) is 40.0 Å². The number of nitrogens with zero attached hydrogens (tertiary/aromatic N) is 2. The first kappa shape index (κ1) is 10.3. The minimum Gasteiger partial charge on any atom is -0.237 e. The fourth-order valence-electron chi connectivity index (χ4n) is 1.75.